The second-order valence-electron chi connectivity index (χ2n) is 7.52. The standard InChI is InChI=1S/C20H27N5O2S/c1-27-18-7-3-2-6-17(18)24-14-21-25(20(24)28)15-22-12-8-16(9-13-22)19(26)23-10-4-5-11-23/h2-3,6-7,14,16H,4-5,8-13,15H2,1H3. The third-order valence-electron chi connectivity index (χ3n) is 5.77. The van der Waals surface area contributed by atoms with Crippen LogP contribution < -0.4 is 4.74 Å². The van der Waals surface area contributed by atoms with Gasteiger partial charge in [0, 0.05) is 32.1 Å². The van der Waals surface area contributed by atoms with Gasteiger partial charge in [-0.25, -0.2) is 4.68 Å². The average molecular weight is 402 g/mol. The zero-order valence-electron chi connectivity index (χ0n) is 16.3. The van der Waals surface area contributed by atoms with Crippen molar-refractivity contribution in [2.45, 2.75) is 32.4 Å². The van der Waals surface area contributed by atoms with Gasteiger partial charge in [-0.2, -0.15) is 5.10 Å². The van der Waals surface area contributed by atoms with E-state index in [4.69, 9.17) is 17.0 Å². The molecule has 2 aromatic rings. The topological polar surface area (TPSA) is 55.5 Å². The van der Waals surface area contributed by atoms with Gasteiger partial charge >= 0.3 is 0 Å². The molecule has 0 N–H and O–H groups in total. The molecule has 2 fully saturated rings. The number of nitrogens with zero attached hydrogens (tertiary/aromatic N) is 5. The van der Waals surface area contributed by atoms with Gasteiger partial charge in [0.2, 0.25) is 10.7 Å². The number of aromatic nitrogens is 3. The molecule has 7 nitrogen and oxygen atoms in total. The third kappa shape index (κ3) is 3.84. The van der Waals surface area contributed by atoms with Crippen LogP contribution in [0.2, 0.25) is 0 Å². The van der Waals surface area contributed by atoms with Crippen LogP contribution in [0.5, 0.6) is 5.75 Å². The van der Waals surface area contributed by atoms with Crippen molar-refractivity contribution in [2.24, 2.45) is 5.92 Å². The molecular formula is C20H27N5O2S. The Labute approximate surface area is 170 Å². The minimum Gasteiger partial charge on any atom is -0.495 e. The number of hydrogen-bond donors (Lipinski definition) is 0. The predicted molar refractivity (Wildman–Crippen MR) is 109 cm³/mol. The first-order valence-corrected chi connectivity index (χ1v) is 10.4. The minimum absolute atomic E-state index is 0.174. The van der Waals surface area contributed by atoms with Crippen LogP contribution in [-0.2, 0) is 11.5 Å². The molecule has 150 valence electrons. The second kappa shape index (κ2) is 8.45. The molecule has 0 unspecified atom stereocenters. The molecule has 1 amide bonds. The number of carbonyl (C=O) groups is 1. The summed E-state index contributed by atoms with van der Waals surface area (Å²) in [5.74, 6) is 1.29. The van der Waals surface area contributed by atoms with E-state index in [1.165, 1.54) is 0 Å². The largest absolute Gasteiger partial charge is 0.495 e. The molecule has 2 saturated heterocycles. The molecule has 2 aliphatic heterocycles. The number of methoxy groups -OCH3 is 1. The number of piperidine rings is 1. The number of amides is 1. The first-order chi connectivity index (χ1) is 13.7. The summed E-state index contributed by atoms with van der Waals surface area (Å²) in [6.07, 6.45) is 5.87. The highest BCUT2D eigenvalue weighted by atomic mass is 32.1. The second-order valence-corrected chi connectivity index (χ2v) is 7.89. The van der Waals surface area contributed by atoms with E-state index in [9.17, 15) is 4.79 Å². The van der Waals surface area contributed by atoms with Crippen LogP contribution in [-0.4, -0.2) is 63.3 Å². The summed E-state index contributed by atoms with van der Waals surface area (Å²) < 4.78 is 9.79. The highest BCUT2D eigenvalue weighted by molar-refractivity contribution is 7.71. The Morgan fingerprint density at radius 1 is 1.18 bits per heavy atom. The van der Waals surface area contributed by atoms with Crippen molar-refractivity contribution in [1.82, 2.24) is 24.1 Å². The summed E-state index contributed by atoms with van der Waals surface area (Å²) in [6, 6.07) is 7.77. The maximum absolute atomic E-state index is 12.6. The predicted octanol–water partition coefficient (Wildman–Crippen LogP) is 2.70. The number of benzene rings is 1. The van der Waals surface area contributed by atoms with Crippen LogP contribution in [0.4, 0.5) is 0 Å². The molecular weight excluding hydrogens is 374 g/mol. The van der Waals surface area contributed by atoms with E-state index in [0.717, 1.165) is 63.3 Å². The van der Waals surface area contributed by atoms with Crippen molar-refractivity contribution < 1.29 is 9.53 Å². The van der Waals surface area contributed by atoms with E-state index in [1.54, 1.807) is 13.4 Å². The first-order valence-electron chi connectivity index (χ1n) is 9.96. The summed E-state index contributed by atoms with van der Waals surface area (Å²) in [5, 5.41) is 4.48. The molecule has 0 radical (unpaired) electrons. The lowest BCUT2D eigenvalue weighted by Gasteiger charge is -2.32. The number of rotatable bonds is 5. The lowest BCUT2D eigenvalue weighted by atomic mass is 9.95. The van der Waals surface area contributed by atoms with Crippen LogP contribution in [0.3, 0.4) is 0 Å². The summed E-state index contributed by atoms with van der Waals surface area (Å²) in [5.41, 5.74) is 0.885. The Kier molecular flexibility index (Phi) is 5.77. The lowest BCUT2D eigenvalue weighted by Crippen LogP contribution is -2.42. The number of para-hydroxylation sites is 2. The molecule has 2 aliphatic rings. The zero-order valence-corrected chi connectivity index (χ0v) is 17.1. The van der Waals surface area contributed by atoms with Crippen LogP contribution in [0.15, 0.2) is 30.6 Å². The van der Waals surface area contributed by atoms with Crippen molar-refractivity contribution in [3.8, 4) is 11.4 Å². The van der Waals surface area contributed by atoms with E-state index in [2.05, 4.69) is 10.00 Å². The van der Waals surface area contributed by atoms with Crippen LogP contribution in [0.25, 0.3) is 5.69 Å². The SMILES string of the molecule is COc1ccccc1-n1cnn(CN2CCC(C(=O)N3CCCC3)CC2)c1=S. The lowest BCUT2D eigenvalue weighted by molar-refractivity contribution is -0.136. The summed E-state index contributed by atoms with van der Waals surface area (Å²) in [4.78, 5) is 17.0. The van der Waals surface area contributed by atoms with Gasteiger partial charge in [0.1, 0.15) is 12.1 Å². The quantitative estimate of drug-likeness (QED) is 0.721. The van der Waals surface area contributed by atoms with Crippen molar-refractivity contribution in [3.05, 3.63) is 35.4 Å². The van der Waals surface area contributed by atoms with Gasteiger partial charge < -0.3 is 9.64 Å². The highest BCUT2D eigenvalue weighted by Crippen LogP contribution is 2.24. The number of likely N-dealkylation sites (tertiary alicyclic amines) is 2. The molecule has 3 heterocycles. The fraction of sp³-hybridized carbons (Fsp3) is 0.550. The molecule has 0 atom stereocenters. The van der Waals surface area contributed by atoms with Crippen molar-refractivity contribution in [1.29, 1.82) is 0 Å². The Hall–Kier alpha value is -2.19. The maximum atomic E-state index is 12.6. The van der Waals surface area contributed by atoms with Crippen molar-refractivity contribution in [3.63, 3.8) is 0 Å². The molecule has 28 heavy (non-hydrogen) atoms. The van der Waals surface area contributed by atoms with Gasteiger partial charge in [-0.15, -0.1) is 0 Å². The van der Waals surface area contributed by atoms with Gasteiger partial charge in [-0.1, -0.05) is 12.1 Å². The smallest absolute Gasteiger partial charge is 0.225 e. The summed E-state index contributed by atoms with van der Waals surface area (Å²) in [7, 11) is 1.65. The monoisotopic (exact) mass is 401 g/mol. The summed E-state index contributed by atoms with van der Waals surface area (Å²) >= 11 is 5.64. The molecule has 8 heteroatoms. The molecule has 1 aromatic carbocycles. The fourth-order valence-corrected chi connectivity index (χ4v) is 4.39. The number of ether oxygens (including phenoxy) is 1. The van der Waals surface area contributed by atoms with Gasteiger partial charge in [0.05, 0.1) is 19.5 Å². The van der Waals surface area contributed by atoms with Gasteiger partial charge in [0.15, 0.2) is 0 Å². The third-order valence-corrected chi connectivity index (χ3v) is 6.17. The van der Waals surface area contributed by atoms with Gasteiger partial charge in [-0.3, -0.25) is 14.3 Å². The van der Waals surface area contributed by atoms with Gasteiger partial charge in [0.25, 0.3) is 0 Å². The highest BCUT2D eigenvalue weighted by Gasteiger charge is 2.30. The Bertz CT molecular complexity index is 879. The number of carbonyl (C=O) groups excluding carboxylic acids is 1. The van der Waals surface area contributed by atoms with E-state index in [1.807, 2.05) is 38.4 Å². The van der Waals surface area contributed by atoms with Crippen LogP contribution >= 0.6 is 12.2 Å². The Morgan fingerprint density at radius 3 is 2.61 bits per heavy atom. The van der Waals surface area contributed by atoms with E-state index in [0.29, 0.717) is 17.3 Å². The molecule has 0 aliphatic carbocycles. The molecule has 0 bridgehead atoms. The molecule has 0 saturated carbocycles. The van der Waals surface area contributed by atoms with E-state index < -0.39 is 0 Å². The van der Waals surface area contributed by atoms with Crippen molar-refractivity contribution >= 4 is 18.1 Å². The minimum atomic E-state index is 0.174. The Morgan fingerprint density at radius 2 is 1.89 bits per heavy atom. The number of hydrogen-bond acceptors (Lipinski definition) is 5. The van der Waals surface area contributed by atoms with E-state index in [-0.39, 0.29) is 5.92 Å². The van der Waals surface area contributed by atoms with E-state index >= 15 is 0 Å². The normalized spacial score (nSPS) is 18.5. The van der Waals surface area contributed by atoms with Gasteiger partial charge in [-0.05, 0) is 50.0 Å². The van der Waals surface area contributed by atoms with Crippen LogP contribution in [0.1, 0.15) is 25.7 Å². The fourth-order valence-electron chi connectivity index (χ4n) is 4.13. The molecule has 4 rings (SSSR count). The molecule has 0 spiro atoms. The molecule has 1 aromatic heterocycles. The zero-order chi connectivity index (χ0) is 19.5. The first kappa shape index (κ1) is 19.1. The maximum Gasteiger partial charge on any atom is 0.225 e. The Balaban J connectivity index is 1.39. The average Bonchev–Trinajstić information content (AvgIpc) is 3.39. The summed E-state index contributed by atoms with van der Waals surface area (Å²) in [6.45, 7) is 4.32. The van der Waals surface area contributed by atoms with Crippen molar-refractivity contribution in [2.75, 3.05) is 33.3 Å². The van der Waals surface area contributed by atoms with Crippen LogP contribution in [0, 0.1) is 10.7 Å².